The summed E-state index contributed by atoms with van der Waals surface area (Å²) in [6.45, 7) is 0. The molecule has 2 N–H and O–H groups in total. The van der Waals surface area contributed by atoms with Gasteiger partial charge < -0.3 is 5.32 Å². The summed E-state index contributed by atoms with van der Waals surface area (Å²) >= 11 is 9.12. The number of benzene rings is 2. The average molecular weight is 575 g/mol. The van der Waals surface area contributed by atoms with E-state index in [4.69, 9.17) is 11.6 Å². The Balaban J connectivity index is 1.62. The lowest BCUT2D eigenvalue weighted by molar-refractivity contribution is -0.116. The first-order valence-corrected chi connectivity index (χ1v) is 12.5. The Morgan fingerprint density at radius 1 is 0.967 bits per heavy atom. The number of rotatable bonds is 8. The number of carbonyl (C=O) groups excluding carboxylic acids is 2. The summed E-state index contributed by atoms with van der Waals surface area (Å²) in [5, 5.41) is 2.63. The van der Waals surface area contributed by atoms with E-state index in [1.807, 2.05) is 0 Å². The monoisotopic (exact) mass is 574 g/mol. The summed E-state index contributed by atoms with van der Waals surface area (Å²) in [5.74, 6) is -0.550. The van der Waals surface area contributed by atoms with Crippen LogP contribution in [0.5, 0.6) is 0 Å². The van der Waals surface area contributed by atoms with E-state index in [-0.39, 0.29) is 29.4 Å². The molecule has 0 aliphatic heterocycles. The Morgan fingerprint density at radius 3 is 2.37 bits per heavy atom. The summed E-state index contributed by atoms with van der Waals surface area (Å²) in [6, 6.07) is 16.1. The number of sulfonamides is 1. The SMILES string of the molecule is O=C(CCC(=O)c1ccc(Cl)s1)Nc1cccc(S(=O)(=O)Nc2ccc(I)cc2)c1. The highest BCUT2D eigenvalue weighted by atomic mass is 127. The third-order valence-corrected chi connectivity index (χ3v) is 7.32. The number of thiophene rings is 1. The van der Waals surface area contributed by atoms with Gasteiger partial charge in [-0.2, -0.15) is 0 Å². The van der Waals surface area contributed by atoms with Crippen LogP contribution >= 0.6 is 45.5 Å². The van der Waals surface area contributed by atoms with Gasteiger partial charge in [0.2, 0.25) is 5.91 Å². The number of anilines is 2. The largest absolute Gasteiger partial charge is 0.326 e. The highest BCUT2D eigenvalue weighted by Crippen LogP contribution is 2.23. The number of hydrogen-bond acceptors (Lipinski definition) is 5. The zero-order chi connectivity index (χ0) is 21.7. The van der Waals surface area contributed by atoms with Gasteiger partial charge in [-0.15, -0.1) is 11.3 Å². The summed E-state index contributed by atoms with van der Waals surface area (Å²) in [6.07, 6.45) is 0.0151. The van der Waals surface area contributed by atoms with E-state index in [1.54, 1.807) is 42.5 Å². The van der Waals surface area contributed by atoms with E-state index in [9.17, 15) is 18.0 Å². The topological polar surface area (TPSA) is 92.3 Å². The number of halogens is 2. The van der Waals surface area contributed by atoms with Crippen LogP contribution < -0.4 is 10.0 Å². The van der Waals surface area contributed by atoms with Crippen LogP contribution in [0.2, 0.25) is 4.34 Å². The second kappa shape index (κ2) is 9.90. The highest BCUT2D eigenvalue weighted by Gasteiger charge is 2.16. The quantitative estimate of drug-likeness (QED) is 0.278. The molecular formula is C20H16ClIN2O4S2. The van der Waals surface area contributed by atoms with E-state index in [0.717, 1.165) is 3.57 Å². The Morgan fingerprint density at radius 2 is 1.70 bits per heavy atom. The van der Waals surface area contributed by atoms with E-state index in [0.29, 0.717) is 20.6 Å². The van der Waals surface area contributed by atoms with Gasteiger partial charge in [0.1, 0.15) is 0 Å². The fourth-order valence-corrected chi connectivity index (χ4v) is 4.99. The predicted molar refractivity (Wildman–Crippen MR) is 128 cm³/mol. The zero-order valence-electron chi connectivity index (χ0n) is 15.4. The van der Waals surface area contributed by atoms with Gasteiger partial charge >= 0.3 is 0 Å². The molecule has 0 spiro atoms. The molecule has 0 radical (unpaired) electrons. The molecule has 1 heterocycles. The van der Waals surface area contributed by atoms with E-state index >= 15 is 0 Å². The second-order valence-corrected chi connectivity index (χ2v) is 10.9. The van der Waals surface area contributed by atoms with Gasteiger partial charge in [0.15, 0.2) is 5.78 Å². The van der Waals surface area contributed by atoms with Crippen LogP contribution in [0.25, 0.3) is 0 Å². The van der Waals surface area contributed by atoms with Crippen molar-refractivity contribution in [3.8, 4) is 0 Å². The van der Waals surface area contributed by atoms with Crippen LogP contribution in [0, 0.1) is 3.57 Å². The molecule has 156 valence electrons. The molecule has 0 saturated carbocycles. The van der Waals surface area contributed by atoms with Crippen molar-refractivity contribution in [2.24, 2.45) is 0 Å². The lowest BCUT2D eigenvalue weighted by Gasteiger charge is -2.10. The van der Waals surface area contributed by atoms with Crippen LogP contribution in [0.1, 0.15) is 22.5 Å². The van der Waals surface area contributed by atoms with Gasteiger partial charge in [0.05, 0.1) is 14.1 Å². The van der Waals surface area contributed by atoms with Crippen molar-refractivity contribution in [2.75, 3.05) is 10.0 Å². The van der Waals surface area contributed by atoms with Gasteiger partial charge in [-0.1, -0.05) is 17.7 Å². The van der Waals surface area contributed by atoms with Gasteiger partial charge in [-0.25, -0.2) is 8.42 Å². The van der Waals surface area contributed by atoms with Crippen molar-refractivity contribution in [3.63, 3.8) is 0 Å². The second-order valence-electron chi connectivity index (χ2n) is 6.22. The lowest BCUT2D eigenvalue weighted by Crippen LogP contribution is -2.15. The number of nitrogens with one attached hydrogen (secondary N) is 2. The first-order chi connectivity index (χ1) is 14.2. The Labute approximate surface area is 196 Å². The molecule has 0 unspecified atom stereocenters. The van der Waals surface area contributed by atoms with Crippen LogP contribution in [-0.4, -0.2) is 20.1 Å². The molecule has 3 rings (SSSR count). The molecule has 6 nitrogen and oxygen atoms in total. The number of amides is 1. The normalized spacial score (nSPS) is 11.1. The molecule has 0 saturated heterocycles. The minimum Gasteiger partial charge on any atom is -0.326 e. The minimum absolute atomic E-state index is 0.0168. The average Bonchev–Trinajstić information content (AvgIpc) is 3.14. The maximum atomic E-state index is 12.6. The minimum atomic E-state index is -3.81. The van der Waals surface area contributed by atoms with Crippen LogP contribution in [0.4, 0.5) is 11.4 Å². The first-order valence-electron chi connectivity index (χ1n) is 8.70. The smallest absolute Gasteiger partial charge is 0.261 e. The van der Waals surface area contributed by atoms with Crippen molar-refractivity contribution in [3.05, 3.63) is 73.4 Å². The molecule has 0 fully saturated rings. The van der Waals surface area contributed by atoms with E-state index in [2.05, 4.69) is 32.6 Å². The number of Topliss-reactive ketones (excluding diaryl/α,β-unsaturated/α-hetero) is 1. The molecule has 0 bridgehead atoms. The number of carbonyl (C=O) groups is 2. The third kappa shape index (κ3) is 6.27. The first kappa shape index (κ1) is 22.7. The van der Waals surface area contributed by atoms with Gasteiger partial charge in [-0.05, 0) is 77.2 Å². The van der Waals surface area contributed by atoms with Gasteiger partial charge in [0, 0.05) is 27.8 Å². The molecule has 30 heavy (non-hydrogen) atoms. The van der Waals surface area contributed by atoms with Crippen molar-refractivity contribution >= 4 is 78.6 Å². The molecule has 2 aromatic carbocycles. The highest BCUT2D eigenvalue weighted by molar-refractivity contribution is 14.1. The predicted octanol–water partition coefficient (Wildman–Crippen LogP) is 5.41. The van der Waals surface area contributed by atoms with Crippen LogP contribution in [0.15, 0.2) is 65.6 Å². The van der Waals surface area contributed by atoms with Crippen molar-refractivity contribution in [2.45, 2.75) is 17.7 Å². The molecule has 0 atom stereocenters. The standard InChI is InChI=1S/C20H16ClIN2O4S2/c21-19-10-9-18(29-19)17(25)8-11-20(26)23-15-2-1-3-16(12-15)30(27,28)24-14-6-4-13(22)5-7-14/h1-7,9-10,12,24H,8,11H2,(H,23,26). The molecule has 10 heteroatoms. The van der Waals surface area contributed by atoms with E-state index in [1.165, 1.54) is 29.5 Å². The van der Waals surface area contributed by atoms with E-state index < -0.39 is 10.0 Å². The lowest BCUT2D eigenvalue weighted by atomic mass is 10.2. The Bertz CT molecular complexity index is 1180. The Hall–Kier alpha value is -1.95. The maximum absolute atomic E-state index is 12.6. The zero-order valence-corrected chi connectivity index (χ0v) is 19.9. The van der Waals surface area contributed by atoms with Crippen molar-refractivity contribution < 1.29 is 18.0 Å². The molecular weight excluding hydrogens is 559 g/mol. The Kier molecular flexibility index (Phi) is 7.50. The van der Waals surface area contributed by atoms with Crippen molar-refractivity contribution in [1.29, 1.82) is 0 Å². The summed E-state index contributed by atoms with van der Waals surface area (Å²) in [5.41, 5.74) is 0.772. The summed E-state index contributed by atoms with van der Waals surface area (Å²) in [7, 11) is -3.81. The van der Waals surface area contributed by atoms with Gasteiger partial charge in [0.25, 0.3) is 10.0 Å². The maximum Gasteiger partial charge on any atom is 0.261 e. The molecule has 0 aliphatic carbocycles. The molecule has 1 aromatic heterocycles. The van der Waals surface area contributed by atoms with Crippen molar-refractivity contribution in [1.82, 2.24) is 0 Å². The number of hydrogen-bond donors (Lipinski definition) is 2. The van der Waals surface area contributed by atoms with Gasteiger partial charge in [-0.3, -0.25) is 14.3 Å². The fraction of sp³-hybridized carbons (Fsp3) is 0.100. The van der Waals surface area contributed by atoms with Crippen LogP contribution in [0.3, 0.4) is 0 Å². The third-order valence-electron chi connectivity index (χ3n) is 3.95. The summed E-state index contributed by atoms with van der Waals surface area (Å²) < 4.78 is 29.2. The number of ketones is 1. The summed E-state index contributed by atoms with van der Waals surface area (Å²) in [4.78, 5) is 24.8. The molecule has 1 amide bonds. The molecule has 0 aliphatic rings. The molecule has 3 aromatic rings. The van der Waals surface area contributed by atoms with Crippen LogP contribution in [-0.2, 0) is 14.8 Å². The fourth-order valence-electron chi connectivity index (χ4n) is 2.51.